The van der Waals surface area contributed by atoms with Gasteiger partial charge in [0.25, 0.3) is 0 Å². The van der Waals surface area contributed by atoms with Crippen molar-refractivity contribution in [1.82, 2.24) is 10.6 Å². The fraction of sp³-hybridized carbons (Fsp3) is 0.368. The molecule has 1 aromatic carbocycles. The minimum absolute atomic E-state index is 0. The van der Waals surface area contributed by atoms with Gasteiger partial charge >= 0.3 is 0 Å². The maximum absolute atomic E-state index is 13.0. The van der Waals surface area contributed by atoms with Crippen molar-refractivity contribution < 1.29 is 13.6 Å². The number of aliphatic imine (C=N–C) groups is 1. The van der Waals surface area contributed by atoms with Crippen molar-refractivity contribution in [3.63, 3.8) is 0 Å². The van der Waals surface area contributed by atoms with Gasteiger partial charge in [0.05, 0.1) is 18.7 Å². The first-order chi connectivity index (χ1) is 12.6. The van der Waals surface area contributed by atoms with Crippen molar-refractivity contribution >= 4 is 35.8 Å². The van der Waals surface area contributed by atoms with Gasteiger partial charge in [0.15, 0.2) is 5.96 Å². The van der Waals surface area contributed by atoms with Crippen molar-refractivity contribution in [2.24, 2.45) is 16.6 Å². The summed E-state index contributed by atoms with van der Waals surface area (Å²) in [5.41, 5.74) is 6.35. The lowest BCUT2D eigenvalue weighted by Gasteiger charge is -2.14. The molecule has 0 spiro atoms. The van der Waals surface area contributed by atoms with Crippen LogP contribution in [0.4, 0.5) is 4.39 Å². The van der Waals surface area contributed by atoms with Crippen LogP contribution in [0.1, 0.15) is 18.2 Å². The Morgan fingerprint density at radius 1 is 1.26 bits per heavy atom. The third-order valence-electron chi connectivity index (χ3n) is 3.86. The van der Waals surface area contributed by atoms with Crippen molar-refractivity contribution in [2.75, 3.05) is 19.6 Å². The molecule has 0 saturated carbocycles. The van der Waals surface area contributed by atoms with E-state index in [1.807, 2.05) is 19.1 Å². The second-order valence-electron chi connectivity index (χ2n) is 5.91. The summed E-state index contributed by atoms with van der Waals surface area (Å²) in [6.45, 7) is 3.57. The number of guanidine groups is 1. The normalized spacial score (nSPS) is 12.1. The number of hydrogen-bond donors (Lipinski definition) is 3. The zero-order valence-electron chi connectivity index (χ0n) is 15.3. The summed E-state index contributed by atoms with van der Waals surface area (Å²) in [7, 11) is 0. The van der Waals surface area contributed by atoms with Gasteiger partial charge in [-0.15, -0.1) is 24.0 Å². The summed E-state index contributed by atoms with van der Waals surface area (Å²) in [6, 6.07) is 9.82. The van der Waals surface area contributed by atoms with Gasteiger partial charge in [-0.1, -0.05) is 12.1 Å². The standard InChI is InChI=1S/C19H25FN4O2.HI/c1-2-22-19(23-10-9-17-4-3-11-26-17)24-13-15(18(21)25)12-14-5-7-16(20)8-6-14;/h3-8,11,15H,2,9-10,12-13H2,1H3,(H2,21,25)(H2,22,23,24);1H. The van der Waals surface area contributed by atoms with E-state index in [9.17, 15) is 9.18 Å². The molecule has 0 saturated heterocycles. The minimum Gasteiger partial charge on any atom is -0.469 e. The zero-order chi connectivity index (χ0) is 18.8. The minimum atomic E-state index is -0.457. The Morgan fingerprint density at radius 2 is 2.00 bits per heavy atom. The average molecular weight is 488 g/mol. The molecule has 2 rings (SSSR count). The van der Waals surface area contributed by atoms with E-state index in [0.29, 0.717) is 25.5 Å². The zero-order valence-corrected chi connectivity index (χ0v) is 17.6. The number of nitrogens with two attached hydrogens (primary N) is 1. The number of carbonyl (C=O) groups is 1. The highest BCUT2D eigenvalue weighted by atomic mass is 127. The highest BCUT2D eigenvalue weighted by Gasteiger charge is 2.16. The molecule has 1 unspecified atom stereocenters. The molecule has 6 nitrogen and oxygen atoms in total. The van der Waals surface area contributed by atoms with Crippen molar-refractivity contribution in [3.05, 3.63) is 59.8 Å². The monoisotopic (exact) mass is 488 g/mol. The number of halogens is 2. The van der Waals surface area contributed by atoms with E-state index < -0.39 is 11.8 Å². The SMILES string of the molecule is CCNC(=NCC(Cc1ccc(F)cc1)C(N)=O)NCCc1ccco1.I. The average Bonchev–Trinajstić information content (AvgIpc) is 3.13. The largest absolute Gasteiger partial charge is 0.469 e. The summed E-state index contributed by atoms with van der Waals surface area (Å²) in [6.07, 6.45) is 2.79. The van der Waals surface area contributed by atoms with Crippen LogP contribution in [0.5, 0.6) is 0 Å². The lowest BCUT2D eigenvalue weighted by atomic mass is 9.99. The predicted molar refractivity (Wildman–Crippen MR) is 115 cm³/mol. The maximum Gasteiger partial charge on any atom is 0.222 e. The van der Waals surface area contributed by atoms with Gasteiger partial charge in [0.1, 0.15) is 11.6 Å². The summed E-state index contributed by atoms with van der Waals surface area (Å²) < 4.78 is 18.3. The Bertz CT molecular complexity index is 705. The van der Waals surface area contributed by atoms with Crippen LogP contribution in [-0.2, 0) is 17.6 Å². The first-order valence-electron chi connectivity index (χ1n) is 8.66. The van der Waals surface area contributed by atoms with Crippen LogP contribution < -0.4 is 16.4 Å². The molecule has 0 aliphatic rings. The molecule has 0 aliphatic carbocycles. The van der Waals surface area contributed by atoms with E-state index in [1.54, 1.807) is 18.4 Å². The third kappa shape index (κ3) is 8.42. The molecule has 0 bridgehead atoms. The van der Waals surface area contributed by atoms with Crippen molar-refractivity contribution in [1.29, 1.82) is 0 Å². The number of rotatable bonds is 9. The highest BCUT2D eigenvalue weighted by Crippen LogP contribution is 2.10. The fourth-order valence-electron chi connectivity index (χ4n) is 2.46. The van der Waals surface area contributed by atoms with Gasteiger partial charge in [0.2, 0.25) is 5.91 Å². The number of carbonyl (C=O) groups excluding carboxylic acids is 1. The molecular formula is C19H26FIN4O2. The molecule has 0 aliphatic heterocycles. The fourth-order valence-corrected chi connectivity index (χ4v) is 2.46. The number of furan rings is 1. The second-order valence-corrected chi connectivity index (χ2v) is 5.91. The van der Waals surface area contributed by atoms with Crippen LogP contribution in [-0.4, -0.2) is 31.5 Å². The van der Waals surface area contributed by atoms with Gasteiger partial charge < -0.3 is 20.8 Å². The van der Waals surface area contributed by atoms with E-state index in [1.165, 1.54) is 12.1 Å². The summed E-state index contributed by atoms with van der Waals surface area (Å²) >= 11 is 0. The van der Waals surface area contributed by atoms with Crippen LogP contribution in [0.15, 0.2) is 52.1 Å². The Labute approximate surface area is 175 Å². The van der Waals surface area contributed by atoms with Crippen LogP contribution >= 0.6 is 24.0 Å². The van der Waals surface area contributed by atoms with E-state index >= 15 is 0 Å². The van der Waals surface area contributed by atoms with Gasteiger partial charge in [-0.3, -0.25) is 9.79 Å². The number of amides is 1. The lowest BCUT2D eigenvalue weighted by Crippen LogP contribution is -2.39. The van der Waals surface area contributed by atoms with E-state index in [-0.39, 0.29) is 36.3 Å². The molecule has 1 heterocycles. The molecule has 1 amide bonds. The molecule has 1 atom stereocenters. The molecule has 0 fully saturated rings. The summed E-state index contributed by atoms with van der Waals surface area (Å²) in [5.74, 6) is 0.312. The van der Waals surface area contributed by atoms with Crippen LogP contribution in [0, 0.1) is 11.7 Å². The van der Waals surface area contributed by atoms with Crippen LogP contribution in [0.2, 0.25) is 0 Å². The Balaban J connectivity index is 0.00000364. The quantitative estimate of drug-likeness (QED) is 0.287. The molecule has 148 valence electrons. The van der Waals surface area contributed by atoms with Gasteiger partial charge in [-0.25, -0.2) is 4.39 Å². The summed E-state index contributed by atoms with van der Waals surface area (Å²) in [5, 5.41) is 6.34. The summed E-state index contributed by atoms with van der Waals surface area (Å²) in [4.78, 5) is 16.2. The van der Waals surface area contributed by atoms with Gasteiger partial charge in [-0.05, 0) is 43.2 Å². The topological polar surface area (TPSA) is 92.6 Å². The molecule has 2 aromatic rings. The third-order valence-corrected chi connectivity index (χ3v) is 3.86. The Kier molecular flexibility index (Phi) is 10.5. The van der Waals surface area contributed by atoms with Gasteiger partial charge in [-0.2, -0.15) is 0 Å². The first-order valence-corrected chi connectivity index (χ1v) is 8.66. The lowest BCUT2D eigenvalue weighted by molar-refractivity contribution is -0.121. The van der Waals surface area contributed by atoms with Crippen LogP contribution in [0.25, 0.3) is 0 Å². The highest BCUT2D eigenvalue weighted by molar-refractivity contribution is 14.0. The molecule has 4 N–H and O–H groups in total. The number of nitrogens with one attached hydrogen (secondary N) is 2. The molecule has 27 heavy (non-hydrogen) atoms. The van der Waals surface area contributed by atoms with E-state index in [4.69, 9.17) is 10.2 Å². The maximum atomic E-state index is 13.0. The van der Waals surface area contributed by atoms with Crippen molar-refractivity contribution in [3.8, 4) is 0 Å². The smallest absolute Gasteiger partial charge is 0.222 e. The van der Waals surface area contributed by atoms with Crippen molar-refractivity contribution in [2.45, 2.75) is 19.8 Å². The number of primary amides is 1. The first kappa shape index (κ1) is 22.9. The van der Waals surface area contributed by atoms with Gasteiger partial charge in [0, 0.05) is 19.5 Å². The molecule has 1 aromatic heterocycles. The number of benzene rings is 1. The second kappa shape index (κ2) is 12.3. The van der Waals surface area contributed by atoms with E-state index in [2.05, 4.69) is 15.6 Å². The molecule has 8 heteroatoms. The number of hydrogen-bond acceptors (Lipinski definition) is 3. The number of nitrogens with zero attached hydrogens (tertiary/aromatic N) is 1. The predicted octanol–water partition coefficient (Wildman–Crippen LogP) is 2.48. The molecular weight excluding hydrogens is 462 g/mol. The van der Waals surface area contributed by atoms with E-state index in [0.717, 1.165) is 17.7 Å². The molecule has 0 radical (unpaired) electrons. The Hall–Kier alpha value is -2.10. The van der Waals surface area contributed by atoms with Crippen LogP contribution in [0.3, 0.4) is 0 Å². The Morgan fingerprint density at radius 3 is 2.59 bits per heavy atom.